The van der Waals surface area contributed by atoms with Crippen LogP contribution in [0.4, 0.5) is 13.2 Å². The highest BCUT2D eigenvalue weighted by Gasteiger charge is 2.49. The van der Waals surface area contributed by atoms with Crippen molar-refractivity contribution in [2.45, 2.75) is 31.8 Å². The first-order valence-electron chi connectivity index (χ1n) is 10.4. The number of piperazine rings is 1. The second-order valence-electron chi connectivity index (χ2n) is 8.20. The number of amides is 2. The van der Waals surface area contributed by atoms with E-state index < -0.39 is 11.9 Å². The Bertz CT molecular complexity index is 954. The summed E-state index contributed by atoms with van der Waals surface area (Å²) in [5, 5.41) is 0. The first kappa shape index (κ1) is 22.2. The predicted molar refractivity (Wildman–Crippen MR) is 108 cm³/mol. The van der Waals surface area contributed by atoms with Gasteiger partial charge in [0.1, 0.15) is 5.75 Å². The molecule has 0 bridgehead atoms. The maximum atomic E-state index is 13.2. The SMILES string of the molecule is CC1(C(=O)N2CCN(C(=O)c3ccco3)CC2)CCN1Cc1ccc(OC(F)(F)F)cc1. The van der Waals surface area contributed by atoms with E-state index in [-0.39, 0.29) is 23.3 Å². The van der Waals surface area contributed by atoms with Crippen LogP contribution in [-0.2, 0) is 11.3 Å². The highest BCUT2D eigenvalue weighted by atomic mass is 19.4. The van der Waals surface area contributed by atoms with Gasteiger partial charge in [-0.3, -0.25) is 14.5 Å². The molecule has 32 heavy (non-hydrogen) atoms. The summed E-state index contributed by atoms with van der Waals surface area (Å²) in [5.74, 6) is -0.165. The summed E-state index contributed by atoms with van der Waals surface area (Å²) in [7, 11) is 0. The standard InChI is InChI=1S/C22H24F3N3O4/c1-21(8-9-28(21)15-16-4-6-17(7-5-16)32-22(23,24)25)20(30)27-12-10-26(11-13-27)19(29)18-3-2-14-31-18/h2-7,14H,8-13,15H2,1H3. The van der Waals surface area contributed by atoms with Crippen molar-refractivity contribution in [3.8, 4) is 5.75 Å². The molecule has 7 nitrogen and oxygen atoms in total. The normalized spacial score (nSPS) is 21.9. The van der Waals surface area contributed by atoms with E-state index in [0.29, 0.717) is 39.1 Å². The van der Waals surface area contributed by atoms with Crippen LogP contribution in [0.15, 0.2) is 47.1 Å². The van der Waals surface area contributed by atoms with E-state index in [2.05, 4.69) is 4.74 Å². The van der Waals surface area contributed by atoms with Gasteiger partial charge in [0.15, 0.2) is 5.76 Å². The van der Waals surface area contributed by atoms with Crippen LogP contribution in [0.2, 0.25) is 0 Å². The van der Waals surface area contributed by atoms with Gasteiger partial charge < -0.3 is 19.0 Å². The molecule has 1 unspecified atom stereocenters. The molecule has 0 aliphatic carbocycles. The number of carbonyl (C=O) groups excluding carboxylic acids is 2. The minimum Gasteiger partial charge on any atom is -0.459 e. The molecule has 0 radical (unpaired) electrons. The Morgan fingerprint density at radius 3 is 2.22 bits per heavy atom. The van der Waals surface area contributed by atoms with Crippen LogP contribution in [0, 0.1) is 0 Å². The molecular formula is C22H24F3N3O4. The van der Waals surface area contributed by atoms with Gasteiger partial charge in [0.25, 0.3) is 5.91 Å². The fourth-order valence-electron chi connectivity index (χ4n) is 4.13. The Labute approximate surface area is 183 Å². The molecule has 2 aromatic rings. The molecular weight excluding hydrogens is 427 g/mol. The molecule has 0 spiro atoms. The topological polar surface area (TPSA) is 66.2 Å². The number of carbonyl (C=O) groups is 2. The summed E-state index contributed by atoms with van der Waals surface area (Å²) >= 11 is 0. The summed E-state index contributed by atoms with van der Waals surface area (Å²) in [5.41, 5.74) is 0.126. The summed E-state index contributed by atoms with van der Waals surface area (Å²) in [4.78, 5) is 31.1. The average Bonchev–Trinajstić information content (AvgIpc) is 3.30. The molecule has 172 valence electrons. The second-order valence-corrected chi connectivity index (χ2v) is 8.20. The molecule has 1 aromatic heterocycles. The summed E-state index contributed by atoms with van der Waals surface area (Å²) in [6, 6.07) is 8.98. The predicted octanol–water partition coefficient (Wildman–Crippen LogP) is 3.13. The minimum absolute atomic E-state index is 0.00544. The van der Waals surface area contributed by atoms with Crippen molar-refractivity contribution < 1.29 is 31.9 Å². The van der Waals surface area contributed by atoms with Crippen molar-refractivity contribution >= 4 is 11.8 Å². The number of hydrogen-bond donors (Lipinski definition) is 0. The van der Waals surface area contributed by atoms with Crippen molar-refractivity contribution in [3.05, 3.63) is 54.0 Å². The lowest BCUT2D eigenvalue weighted by atomic mass is 9.84. The van der Waals surface area contributed by atoms with E-state index in [0.717, 1.165) is 12.1 Å². The van der Waals surface area contributed by atoms with Crippen LogP contribution in [0.25, 0.3) is 0 Å². The number of furan rings is 1. The van der Waals surface area contributed by atoms with Gasteiger partial charge in [-0.2, -0.15) is 0 Å². The summed E-state index contributed by atoms with van der Waals surface area (Å²) < 4.78 is 46.0. The summed E-state index contributed by atoms with van der Waals surface area (Å²) in [6.07, 6.45) is -2.57. The number of ether oxygens (including phenoxy) is 1. The van der Waals surface area contributed by atoms with Crippen LogP contribution in [0.5, 0.6) is 5.75 Å². The Morgan fingerprint density at radius 2 is 1.69 bits per heavy atom. The van der Waals surface area contributed by atoms with Crippen molar-refractivity contribution in [1.82, 2.24) is 14.7 Å². The van der Waals surface area contributed by atoms with Gasteiger partial charge in [-0.25, -0.2) is 0 Å². The molecule has 2 fully saturated rings. The molecule has 3 heterocycles. The Kier molecular flexibility index (Phi) is 5.89. The van der Waals surface area contributed by atoms with E-state index in [1.54, 1.807) is 34.1 Å². The third-order valence-corrected chi connectivity index (χ3v) is 6.14. The van der Waals surface area contributed by atoms with Gasteiger partial charge in [0, 0.05) is 39.3 Å². The number of likely N-dealkylation sites (tertiary alicyclic amines) is 1. The first-order valence-corrected chi connectivity index (χ1v) is 10.4. The molecule has 2 aliphatic rings. The van der Waals surface area contributed by atoms with Gasteiger partial charge in [0.05, 0.1) is 11.8 Å². The number of hydrogen-bond acceptors (Lipinski definition) is 5. The molecule has 2 aliphatic heterocycles. The van der Waals surface area contributed by atoms with Gasteiger partial charge in [-0.1, -0.05) is 12.1 Å². The first-order chi connectivity index (χ1) is 15.2. The van der Waals surface area contributed by atoms with Crippen molar-refractivity contribution in [3.63, 3.8) is 0 Å². The maximum Gasteiger partial charge on any atom is 0.573 e. The van der Waals surface area contributed by atoms with E-state index >= 15 is 0 Å². The molecule has 1 atom stereocenters. The zero-order valence-corrected chi connectivity index (χ0v) is 17.6. The highest BCUT2D eigenvalue weighted by Crippen LogP contribution is 2.34. The molecule has 1 aromatic carbocycles. The van der Waals surface area contributed by atoms with Crippen LogP contribution >= 0.6 is 0 Å². The van der Waals surface area contributed by atoms with E-state index in [1.807, 2.05) is 11.8 Å². The van der Waals surface area contributed by atoms with Crippen LogP contribution < -0.4 is 4.74 Å². The van der Waals surface area contributed by atoms with E-state index in [4.69, 9.17) is 4.42 Å². The Balaban J connectivity index is 1.32. The minimum atomic E-state index is -4.73. The fourth-order valence-corrected chi connectivity index (χ4v) is 4.13. The molecule has 0 N–H and O–H groups in total. The van der Waals surface area contributed by atoms with Gasteiger partial charge >= 0.3 is 6.36 Å². The van der Waals surface area contributed by atoms with Crippen LogP contribution in [0.3, 0.4) is 0 Å². The number of halogens is 3. The number of nitrogens with zero attached hydrogens (tertiary/aromatic N) is 3. The van der Waals surface area contributed by atoms with Gasteiger partial charge in [-0.05, 0) is 43.2 Å². The van der Waals surface area contributed by atoms with Crippen molar-refractivity contribution in [2.24, 2.45) is 0 Å². The Morgan fingerprint density at radius 1 is 1.03 bits per heavy atom. The monoisotopic (exact) mass is 451 g/mol. The van der Waals surface area contributed by atoms with Crippen molar-refractivity contribution in [2.75, 3.05) is 32.7 Å². The van der Waals surface area contributed by atoms with Crippen molar-refractivity contribution in [1.29, 1.82) is 0 Å². The van der Waals surface area contributed by atoms with E-state index in [1.165, 1.54) is 18.4 Å². The van der Waals surface area contributed by atoms with Crippen LogP contribution in [0.1, 0.15) is 29.5 Å². The van der Waals surface area contributed by atoms with Crippen LogP contribution in [-0.4, -0.2) is 71.1 Å². The number of alkyl halides is 3. The second kappa shape index (κ2) is 8.50. The molecule has 2 amide bonds. The molecule has 10 heteroatoms. The fraction of sp³-hybridized carbons (Fsp3) is 0.455. The third-order valence-electron chi connectivity index (χ3n) is 6.14. The lowest BCUT2D eigenvalue weighted by Crippen LogP contribution is -2.67. The van der Waals surface area contributed by atoms with Gasteiger partial charge in [0.2, 0.25) is 5.91 Å². The smallest absolute Gasteiger partial charge is 0.459 e. The third kappa shape index (κ3) is 4.59. The lowest BCUT2D eigenvalue weighted by molar-refractivity contribution is -0.274. The number of benzene rings is 1. The number of rotatable bonds is 5. The quantitative estimate of drug-likeness (QED) is 0.699. The zero-order valence-electron chi connectivity index (χ0n) is 17.6. The molecule has 4 rings (SSSR count). The Hall–Kier alpha value is -3.01. The summed E-state index contributed by atoms with van der Waals surface area (Å²) in [6.45, 7) is 4.81. The lowest BCUT2D eigenvalue weighted by Gasteiger charge is -2.52. The average molecular weight is 451 g/mol. The molecule has 2 saturated heterocycles. The van der Waals surface area contributed by atoms with E-state index in [9.17, 15) is 22.8 Å². The largest absolute Gasteiger partial charge is 0.573 e. The maximum absolute atomic E-state index is 13.2. The molecule has 0 saturated carbocycles. The zero-order chi connectivity index (χ0) is 22.9. The van der Waals surface area contributed by atoms with Gasteiger partial charge in [-0.15, -0.1) is 13.2 Å². The highest BCUT2D eigenvalue weighted by molar-refractivity contribution is 5.92.